The van der Waals surface area contributed by atoms with Crippen LogP contribution in [0.25, 0.3) is 0 Å². The van der Waals surface area contributed by atoms with Crippen LogP contribution in [0.5, 0.6) is 0 Å². The molecule has 1 aromatic heterocycles. The average Bonchev–Trinajstić information content (AvgIpc) is 3.02. The molecule has 1 heterocycles. The Labute approximate surface area is 159 Å². The van der Waals surface area contributed by atoms with Crippen LogP contribution in [0.3, 0.4) is 0 Å². The van der Waals surface area contributed by atoms with Gasteiger partial charge in [0.25, 0.3) is 5.91 Å². The highest BCUT2D eigenvalue weighted by molar-refractivity contribution is 7.13. The first-order valence-corrected chi connectivity index (χ1v) is 9.12. The predicted molar refractivity (Wildman–Crippen MR) is 99.5 cm³/mol. The van der Waals surface area contributed by atoms with Crippen molar-refractivity contribution < 1.29 is 19.1 Å². The van der Waals surface area contributed by atoms with Gasteiger partial charge in [0.05, 0.1) is 29.3 Å². The molecule has 0 radical (unpaired) electrons. The van der Waals surface area contributed by atoms with Crippen molar-refractivity contribution in [3.63, 3.8) is 0 Å². The number of amides is 2. The number of thiazole rings is 1. The summed E-state index contributed by atoms with van der Waals surface area (Å²) >= 11 is 7.16. The molecule has 0 spiro atoms. The van der Waals surface area contributed by atoms with E-state index in [9.17, 15) is 14.4 Å². The number of aromatic nitrogens is 1. The van der Waals surface area contributed by atoms with E-state index in [-0.39, 0.29) is 12.4 Å². The van der Waals surface area contributed by atoms with E-state index in [0.717, 1.165) is 0 Å². The van der Waals surface area contributed by atoms with Crippen LogP contribution < -0.4 is 10.6 Å². The third kappa shape index (κ3) is 5.53. The van der Waals surface area contributed by atoms with E-state index < -0.39 is 17.9 Å². The van der Waals surface area contributed by atoms with E-state index in [2.05, 4.69) is 15.6 Å². The Morgan fingerprint density at radius 2 is 2.04 bits per heavy atom. The number of nitrogens with one attached hydrogen (secondary N) is 2. The lowest BCUT2D eigenvalue weighted by atomic mass is 10.2. The van der Waals surface area contributed by atoms with E-state index in [1.54, 1.807) is 43.5 Å². The van der Waals surface area contributed by atoms with Crippen LogP contribution in [-0.2, 0) is 20.7 Å². The van der Waals surface area contributed by atoms with E-state index in [4.69, 9.17) is 16.3 Å². The van der Waals surface area contributed by atoms with E-state index >= 15 is 0 Å². The molecule has 0 saturated heterocycles. The van der Waals surface area contributed by atoms with Crippen LogP contribution in [0, 0.1) is 0 Å². The quantitative estimate of drug-likeness (QED) is 0.702. The smallest absolute Gasteiger partial charge is 0.311 e. The lowest BCUT2D eigenvalue weighted by Gasteiger charge is -2.13. The Kier molecular flexibility index (Phi) is 7.11. The van der Waals surface area contributed by atoms with Crippen molar-refractivity contribution in [2.45, 2.75) is 26.3 Å². The van der Waals surface area contributed by atoms with Crippen molar-refractivity contribution in [2.24, 2.45) is 0 Å². The Morgan fingerprint density at radius 1 is 1.31 bits per heavy atom. The van der Waals surface area contributed by atoms with Crippen LogP contribution in [0.4, 0.5) is 5.13 Å². The average molecular weight is 396 g/mol. The first-order chi connectivity index (χ1) is 12.4. The van der Waals surface area contributed by atoms with Gasteiger partial charge in [-0.25, -0.2) is 4.98 Å². The highest BCUT2D eigenvalue weighted by Gasteiger charge is 2.19. The number of esters is 1. The van der Waals surface area contributed by atoms with Gasteiger partial charge in [0.2, 0.25) is 5.91 Å². The van der Waals surface area contributed by atoms with Crippen LogP contribution in [0.15, 0.2) is 29.6 Å². The number of carbonyl (C=O) groups is 3. The minimum absolute atomic E-state index is 0.0407. The number of anilines is 1. The van der Waals surface area contributed by atoms with Gasteiger partial charge in [0.15, 0.2) is 5.13 Å². The second kappa shape index (κ2) is 9.30. The van der Waals surface area contributed by atoms with Gasteiger partial charge < -0.3 is 15.4 Å². The van der Waals surface area contributed by atoms with E-state index in [1.165, 1.54) is 11.3 Å². The third-order valence-electron chi connectivity index (χ3n) is 3.27. The zero-order valence-electron chi connectivity index (χ0n) is 14.2. The second-order valence-corrected chi connectivity index (χ2v) is 6.56. The van der Waals surface area contributed by atoms with E-state index in [0.29, 0.717) is 28.0 Å². The molecule has 1 atom stereocenters. The van der Waals surface area contributed by atoms with Crippen LogP contribution in [0.1, 0.15) is 29.9 Å². The SMILES string of the molecule is CCOC(=O)Cc1csc(NC(=O)[C@H](C)NC(=O)c2ccccc2Cl)n1. The van der Waals surface area contributed by atoms with Crippen LogP contribution >= 0.6 is 22.9 Å². The van der Waals surface area contributed by atoms with Gasteiger partial charge >= 0.3 is 5.97 Å². The summed E-state index contributed by atoms with van der Waals surface area (Å²) in [6.07, 6.45) is 0.0407. The molecule has 2 aromatic rings. The number of carbonyl (C=O) groups excluding carboxylic acids is 3. The zero-order valence-corrected chi connectivity index (χ0v) is 15.8. The normalized spacial score (nSPS) is 11.5. The number of hydrogen-bond donors (Lipinski definition) is 2. The summed E-state index contributed by atoms with van der Waals surface area (Å²) in [6.45, 7) is 3.58. The number of hydrogen-bond acceptors (Lipinski definition) is 6. The maximum absolute atomic E-state index is 12.2. The number of halogens is 1. The van der Waals surface area contributed by atoms with Gasteiger partial charge in [-0.3, -0.25) is 14.4 Å². The van der Waals surface area contributed by atoms with Gasteiger partial charge in [0.1, 0.15) is 6.04 Å². The van der Waals surface area contributed by atoms with Gasteiger partial charge in [-0.1, -0.05) is 23.7 Å². The molecule has 0 unspecified atom stereocenters. The molecule has 2 N–H and O–H groups in total. The summed E-state index contributed by atoms with van der Waals surface area (Å²) in [6, 6.07) is 5.78. The van der Waals surface area contributed by atoms with Crippen molar-refractivity contribution in [1.29, 1.82) is 0 Å². The van der Waals surface area contributed by atoms with Crippen LogP contribution in [-0.4, -0.2) is 35.4 Å². The molecule has 26 heavy (non-hydrogen) atoms. The molecule has 0 aliphatic heterocycles. The van der Waals surface area contributed by atoms with Crippen LogP contribution in [0.2, 0.25) is 5.02 Å². The second-order valence-electron chi connectivity index (χ2n) is 5.29. The molecule has 9 heteroatoms. The van der Waals surface area contributed by atoms with Crippen molar-refractivity contribution in [3.05, 3.63) is 45.9 Å². The molecule has 2 rings (SSSR count). The summed E-state index contributed by atoms with van der Waals surface area (Å²) in [5.41, 5.74) is 0.802. The molecule has 7 nitrogen and oxygen atoms in total. The Balaban J connectivity index is 1.91. The zero-order chi connectivity index (χ0) is 19.1. The van der Waals surface area contributed by atoms with Gasteiger partial charge in [-0.15, -0.1) is 11.3 Å². The summed E-state index contributed by atoms with van der Waals surface area (Å²) in [5, 5.41) is 7.50. The standard InChI is InChI=1S/C17H18ClN3O4S/c1-3-25-14(22)8-11-9-26-17(20-11)21-15(23)10(2)19-16(24)12-6-4-5-7-13(12)18/h4-7,9-10H,3,8H2,1-2H3,(H,19,24)(H,20,21,23)/t10-/m0/s1. The monoisotopic (exact) mass is 395 g/mol. The van der Waals surface area contributed by atoms with Gasteiger partial charge in [-0.2, -0.15) is 0 Å². The maximum Gasteiger partial charge on any atom is 0.311 e. The number of rotatable bonds is 7. The fourth-order valence-electron chi connectivity index (χ4n) is 2.00. The molecular weight excluding hydrogens is 378 g/mol. The van der Waals surface area contributed by atoms with Crippen molar-refractivity contribution >= 4 is 45.9 Å². The molecule has 0 saturated carbocycles. The first-order valence-electron chi connectivity index (χ1n) is 7.87. The van der Waals surface area contributed by atoms with Crippen molar-refractivity contribution in [3.8, 4) is 0 Å². The highest BCUT2D eigenvalue weighted by Crippen LogP contribution is 2.17. The lowest BCUT2D eigenvalue weighted by molar-refractivity contribution is -0.142. The molecule has 0 fully saturated rings. The molecule has 0 aliphatic rings. The van der Waals surface area contributed by atoms with E-state index in [1.807, 2.05) is 0 Å². The molecular formula is C17H18ClN3O4S. The fourth-order valence-corrected chi connectivity index (χ4v) is 2.94. The summed E-state index contributed by atoms with van der Waals surface area (Å²) in [7, 11) is 0. The first kappa shape index (κ1) is 19.9. The number of nitrogens with zero attached hydrogens (tertiary/aromatic N) is 1. The Hall–Kier alpha value is -2.45. The summed E-state index contributed by atoms with van der Waals surface area (Å²) < 4.78 is 4.85. The number of benzene rings is 1. The Bertz CT molecular complexity index is 809. The fraction of sp³-hybridized carbons (Fsp3) is 0.294. The minimum atomic E-state index is -0.795. The molecule has 1 aromatic carbocycles. The minimum Gasteiger partial charge on any atom is -0.466 e. The van der Waals surface area contributed by atoms with Crippen molar-refractivity contribution in [2.75, 3.05) is 11.9 Å². The summed E-state index contributed by atoms with van der Waals surface area (Å²) in [4.78, 5) is 40.0. The topological polar surface area (TPSA) is 97.4 Å². The predicted octanol–water partition coefficient (Wildman–Crippen LogP) is 2.66. The molecule has 138 valence electrons. The summed E-state index contributed by atoms with van der Waals surface area (Å²) in [5.74, 6) is -1.25. The highest BCUT2D eigenvalue weighted by atomic mass is 35.5. The third-order valence-corrected chi connectivity index (χ3v) is 4.41. The lowest BCUT2D eigenvalue weighted by Crippen LogP contribution is -2.41. The molecule has 2 amide bonds. The maximum atomic E-state index is 12.2. The largest absolute Gasteiger partial charge is 0.466 e. The Morgan fingerprint density at radius 3 is 2.73 bits per heavy atom. The van der Waals surface area contributed by atoms with Crippen molar-refractivity contribution in [1.82, 2.24) is 10.3 Å². The van der Waals surface area contributed by atoms with Gasteiger partial charge in [0, 0.05) is 5.38 Å². The molecule has 0 aliphatic carbocycles. The van der Waals surface area contributed by atoms with Gasteiger partial charge in [-0.05, 0) is 26.0 Å². The molecule has 0 bridgehead atoms. The number of ether oxygens (including phenoxy) is 1.